The van der Waals surface area contributed by atoms with Gasteiger partial charge in [0.15, 0.2) is 6.29 Å². The van der Waals surface area contributed by atoms with Gasteiger partial charge in [-0.3, -0.25) is 4.79 Å². The number of carbonyl (C=O) groups excluding carboxylic acids is 2. The summed E-state index contributed by atoms with van der Waals surface area (Å²) in [6.07, 6.45) is 9.97. The van der Waals surface area contributed by atoms with Crippen LogP contribution in [0.4, 0.5) is 0 Å². The highest BCUT2D eigenvalue weighted by atomic mass is 16.7. The molecular formula is C20H32O6. The molecule has 2 fully saturated rings. The van der Waals surface area contributed by atoms with Crippen LogP contribution >= 0.6 is 0 Å². The lowest BCUT2D eigenvalue weighted by Crippen LogP contribution is -2.33. The van der Waals surface area contributed by atoms with E-state index in [9.17, 15) is 9.59 Å². The second-order valence-electron chi connectivity index (χ2n) is 7.19. The largest absolute Gasteiger partial charge is 0.463 e. The van der Waals surface area contributed by atoms with E-state index in [0.717, 1.165) is 45.0 Å². The molecule has 2 aliphatic heterocycles. The maximum absolute atomic E-state index is 11.5. The highest BCUT2D eigenvalue weighted by molar-refractivity contribution is 5.69. The third-order valence-electron chi connectivity index (χ3n) is 4.67. The monoisotopic (exact) mass is 368 g/mol. The molecule has 0 aromatic carbocycles. The smallest absolute Gasteiger partial charge is 0.306 e. The van der Waals surface area contributed by atoms with Gasteiger partial charge in [-0.2, -0.15) is 0 Å². The molecule has 2 aliphatic rings. The average molecular weight is 368 g/mol. The van der Waals surface area contributed by atoms with E-state index in [1.54, 1.807) is 0 Å². The number of hydrogen-bond acceptors (Lipinski definition) is 6. The Kier molecular flexibility index (Phi) is 9.29. The molecule has 3 unspecified atom stereocenters. The second kappa shape index (κ2) is 11.5. The fourth-order valence-electron chi connectivity index (χ4n) is 3.36. The maximum atomic E-state index is 11.5. The predicted octanol–water partition coefficient (Wildman–Crippen LogP) is 3.18. The Morgan fingerprint density at radius 2 is 2.00 bits per heavy atom. The molecule has 2 rings (SSSR count). The molecule has 26 heavy (non-hydrogen) atoms. The van der Waals surface area contributed by atoms with Crippen molar-refractivity contribution in [3.8, 4) is 0 Å². The van der Waals surface area contributed by atoms with Gasteiger partial charge in [0.1, 0.15) is 12.4 Å². The summed E-state index contributed by atoms with van der Waals surface area (Å²) in [5.74, 6) is -0.121. The molecule has 6 nitrogen and oxygen atoms in total. The molecule has 6 heteroatoms. The van der Waals surface area contributed by atoms with E-state index in [4.69, 9.17) is 18.9 Å². The van der Waals surface area contributed by atoms with Gasteiger partial charge in [0, 0.05) is 18.9 Å². The summed E-state index contributed by atoms with van der Waals surface area (Å²) in [6.45, 7) is 4.87. The number of ether oxygens (including phenoxy) is 4. The summed E-state index contributed by atoms with van der Waals surface area (Å²) >= 11 is 0. The van der Waals surface area contributed by atoms with Gasteiger partial charge in [-0.25, -0.2) is 0 Å². The zero-order chi connectivity index (χ0) is 18.8. The van der Waals surface area contributed by atoms with Gasteiger partial charge >= 0.3 is 5.97 Å². The standard InChI is InChI=1S/C20H32O6/c1-15(2)25-19(22)10-6-4-3-5-9-16-17(13-21)24-14-18(16)26-20-11-7-8-12-23-20/h3-4,13,15-18,20H,5-12,14H2,1-2H3/b4-3-/t16?,17-,18?,20?/m1/s1. The van der Waals surface area contributed by atoms with E-state index >= 15 is 0 Å². The van der Waals surface area contributed by atoms with Crippen LogP contribution < -0.4 is 0 Å². The van der Waals surface area contributed by atoms with Crippen LogP contribution in [0.25, 0.3) is 0 Å². The number of esters is 1. The molecule has 2 saturated heterocycles. The molecule has 0 spiro atoms. The summed E-state index contributed by atoms with van der Waals surface area (Å²) in [6, 6.07) is 0. The SMILES string of the molecule is CC(C)OC(=O)CC/C=C\CCC1C(OC2CCCCO2)CO[C@@H]1C=O. The summed E-state index contributed by atoms with van der Waals surface area (Å²) < 4.78 is 22.4. The molecule has 0 aromatic rings. The molecule has 0 N–H and O–H groups in total. The van der Waals surface area contributed by atoms with E-state index in [1.807, 2.05) is 19.9 Å². The fraction of sp³-hybridized carbons (Fsp3) is 0.800. The summed E-state index contributed by atoms with van der Waals surface area (Å²) in [5, 5.41) is 0. The van der Waals surface area contributed by atoms with Gasteiger partial charge < -0.3 is 23.7 Å². The van der Waals surface area contributed by atoms with Crippen LogP contribution in [0, 0.1) is 5.92 Å². The van der Waals surface area contributed by atoms with Crippen LogP contribution in [0.3, 0.4) is 0 Å². The molecular weight excluding hydrogens is 336 g/mol. The first-order chi connectivity index (χ1) is 12.6. The molecule has 0 saturated carbocycles. The number of aldehydes is 1. The van der Waals surface area contributed by atoms with Gasteiger partial charge in [0.2, 0.25) is 0 Å². The first-order valence-corrected chi connectivity index (χ1v) is 9.78. The van der Waals surface area contributed by atoms with Crippen LogP contribution in [0.5, 0.6) is 0 Å². The molecule has 4 atom stereocenters. The molecule has 148 valence electrons. The quantitative estimate of drug-likeness (QED) is 0.335. The Labute approximate surface area is 156 Å². The zero-order valence-corrected chi connectivity index (χ0v) is 15.9. The van der Waals surface area contributed by atoms with Crippen molar-refractivity contribution in [1.29, 1.82) is 0 Å². The van der Waals surface area contributed by atoms with Crippen LogP contribution in [0.15, 0.2) is 12.2 Å². The topological polar surface area (TPSA) is 71.1 Å². The average Bonchev–Trinajstić information content (AvgIpc) is 3.00. The molecule has 2 heterocycles. The first kappa shape index (κ1) is 21.1. The minimum atomic E-state index is -0.405. The Bertz CT molecular complexity index is 455. The Balaban J connectivity index is 1.71. The molecule has 0 aromatic heterocycles. The van der Waals surface area contributed by atoms with Crippen LogP contribution in [-0.2, 0) is 28.5 Å². The van der Waals surface area contributed by atoms with E-state index in [2.05, 4.69) is 6.08 Å². The summed E-state index contributed by atoms with van der Waals surface area (Å²) in [5.41, 5.74) is 0. The van der Waals surface area contributed by atoms with E-state index in [0.29, 0.717) is 19.4 Å². The molecule has 0 radical (unpaired) electrons. The summed E-state index contributed by atoms with van der Waals surface area (Å²) in [4.78, 5) is 22.7. The normalized spacial score (nSPS) is 29.3. The van der Waals surface area contributed by atoms with E-state index in [1.165, 1.54) is 0 Å². The number of carbonyl (C=O) groups is 2. The van der Waals surface area contributed by atoms with Gasteiger partial charge in [-0.15, -0.1) is 0 Å². The third kappa shape index (κ3) is 7.17. The molecule has 0 aliphatic carbocycles. The van der Waals surface area contributed by atoms with Crippen LogP contribution in [0.2, 0.25) is 0 Å². The Morgan fingerprint density at radius 1 is 1.19 bits per heavy atom. The van der Waals surface area contributed by atoms with E-state index < -0.39 is 6.10 Å². The highest BCUT2D eigenvalue weighted by Gasteiger charge is 2.38. The van der Waals surface area contributed by atoms with Crippen LogP contribution in [0.1, 0.15) is 58.8 Å². The lowest BCUT2D eigenvalue weighted by Gasteiger charge is -2.28. The summed E-state index contributed by atoms with van der Waals surface area (Å²) in [7, 11) is 0. The van der Waals surface area contributed by atoms with Gasteiger partial charge in [0.25, 0.3) is 0 Å². The van der Waals surface area contributed by atoms with E-state index in [-0.39, 0.29) is 30.4 Å². The number of rotatable bonds is 10. The molecule has 0 bridgehead atoms. The molecule has 0 amide bonds. The van der Waals surface area contributed by atoms with Crippen LogP contribution in [-0.4, -0.2) is 50.1 Å². The minimum Gasteiger partial charge on any atom is -0.463 e. The maximum Gasteiger partial charge on any atom is 0.306 e. The zero-order valence-electron chi connectivity index (χ0n) is 15.9. The first-order valence-electron chi connectivity index (χ1n) is 9.78. The van der Waals surface area contributed by atoms with Crippen molar-refractivity contribution in [3.05, 3.63) is 12.2 Å². The second-order valence-corrected chi connectivity index (χ2v) is 7.19. The minimum absolute atomic E-state index is 0.0496. The van der Waals surface area contributed by atoms with Gasteiger partial charge in [0.05, 0.1) is 18.8 Å². The fourth-order valence-corrected chi connectivity index (χ4v) is 3.36. The Hall–Kier alpha value is -1.24. The van der Waals surface area contributed by atoms with Gasteiger partial charge in [-0.1, -0.05) is 12.2 Å². The van der Waals surface area contributed by atoms with Crippen molar-refractivity contribution in [1.82, 2.24) is 0 Å². The van der Waals surface area contributed by atoms with Crippen molar-refractivity contribution in [2.45, 2.75) is 83.4 Å². The lowest BCUT2D eigenvalue weighted by atomic mass is 9.94. The third-order valence-corrected chi connectivity index (χ3v) is 4.67. The number of allylic oxidation sites excluding steroid dienone is 2. The Morgan fingerprint density at radius 3 is 2.69 bits per heavy atom. The van der Waals surface area contributed by atoms with Crippen molar-refractivity contribution in [3.63, 3.8) is 0 Å². The van der Waals surface area contributed by atoms with Crippen molar-refractivity contribution in [2.75, 3.05) is 13.2 Å². The van der Waals surface area contributed by atoms with Crippen molar-refractivity contribution < 1.29 is 28.5 Å². The van der Waals surface area contributed by atoms with Crippen molar-refractivity contribution >= 4 is 12.3 Å². The van der Waals surface area contributed by atoms with Gasteiger partial charge in [-0.05, 0) is 52.4 Å². The van der Waals surface area contributed by atoms with Crippen molar-refractivity contribution in [2.24, 2.45) is 5.92 Å². The predicted molar refractivity (Wildman–Crippen MR) is 96.6 cm³/mol. The highest BCUT2D eigenvalue weighted by Crippen LogP contribution is 2.30. The number of hydrogen-bond donors (Lipinski definition) is 0. The lowest BCUT2D eigenvalue weighted by molar-refractivity contribution is -0.194.